The lowest BCUT2D eigenvalue weighted by atomic mass is 10.1. The zero-order valence-corrected chi connectivity index (χ0v) is 16.1. The molecule has 0 aliphatic carbocycles. The molecular weight excluding hydrogens is 397 g/mol. The Bertz CT molecular complexity index is 1080. The van der Waals surface area contributed by atoms with Crippen molar-refractivity contribution >= 4 is 23.4 Å². The summed E-state index contributed by atoms with van der Waals surface area (Å²) in [5.74, 6) is 0.756. The number of urea groups is 1. The first-order chi connectivity index (χ1) is 14.3. The Morgan fingerprint density at radius 1 is 1.20 bits per heavy atom. The molecule has 30 heavy (non-hydrogen) atoms. The van der Waals surface area contributed by atoms with E-state index < -0.39 is 17.8 Å². The molecule has 1 aliphatic rings. The second kappa shape index (κ2) is 7.69. The molecule has 1 aliphatic heterocycles. The van der Waals surface area contributed by atoms with E-state index in [2.05, 4.69) is 20.7 Å². The van der Waals surface area contributed by atoms with Gasteiger partial charge >= 0.3 is 12.2 Å². The van der Waals surface area contributed by atoms with Gasteiger partial charge in [-0.2, -0.15) is 18.3 Å². The number of halogens is 3. The van der Waals surface area contributed by atoms with E-state index in [4.69, 9.17) is 0 Å². The van der Waals surface area contributed by atoms with Crippen LogP contribution in [-0.2, 0) is 13.2 Å². The van der Waals surface area contributed by atoms with Crippen LogP contribution in [-0.4, -0.2) is 33.9 Å². The maximum atomic E-state index is 13.1. The number of rotatable bonds is 2. The third-order valence-electron chi connectivity index (χ3n) is 4.68. The number of benzene rings is 1. The number of anilines is 3. The van der Waals surface area contributed by atoms with Crippen LogP contribution in [0.25, 0.3) is 11.3 Å². The molecule has 0 bridgehead atoms. The summed E-state index contributed by atoms with van der Waals surface area (Å²) in [7, 11) is 1.74. The number of pyridine rings is 1. The summed E-state index contributed by atoms with van der Waals surface area (Å²) in [6.07, 6.45) is -2.06. The van der Waals surface area contributed by atoms with Gasteiger partial charge in [0.25, 0.3) is 0 Å². The van der Waals surface area contributed by atoms with Crippen LogP contribution in [0.3, 0.4) is 0 Å². The van der Waals surface area contributed by atoms with Gasteiger partial charge in [0.1, 0.15) is 0 Å². The molecule has 0 fully saturated rings. The number of amides is 2. The van der Waals surface area contributed by atoms with Gasteiger partial charge in [0, 0.05) is 38.0 Å². The molecule has 0 saturated carbocycles. The van der Waals surface area contributed by atoms with Crippen molar-refractivity contribution in [3.05, 3.63) is 54.2 Å². The van der Waals surface area contributed by atoms with Crippen molar-refractivity contribution in [3.63, 3.8) is 0 Å². The van der Waals surface area contributed by atoms with Crippen molar-refractivity contribution in [3.8, 4) is 11.3 Å². The molecule has 2 N–H and O–H groups in total. The monoisotopic (exact) mass is 416 g/mol. The minimum Gasteiger partial charge on any atom is -0.382 e. The van der Waals surface area contributed by atoms with Gasteiger partial charge < -0.3 is 5.32 Å². The van der Waals surface area contributed by atoms with Gasteiger partial charge in [0.15, 0.2) is 11.6 Å². The number of fused-ring (bicyclic) bond motifs is 1. The smallest absolute Gasteiger partial charge is 0.382 e. The number of nitrogens with zero attached hydrogens (tertiary/aromatic N) is 4. The molecule has 10 heteroatoms. The molecule has 2 amide bonds. The number of hydrogen-bond acceptors (Lipinski definition) is 4. The standard InChI is InChI=1S/C20H19F3N6O/c1-28-11-8-17(27-28)26-19(30)29-10-3-9-24-16-7-6-15(25-18(16)29)13-4-2-5-14(12-13)20(21,22)23/h2,4-8,11-12,24H,3,9-10H2,1H3,(H,26,27,30). The Kier molecular flexibility index (Phi) is 5.06. The van der Waals surface area contributed by atoms with Gasteiger partial charge in [-0.25, -0.2) is 9.78 Å². The van der Waals surface area contributed by atoms with Crippen molar-refractivity contribution in [2.24, 2.45) is 7.05 Å². The average Bonchev–Trinajstić information content (AvgIpc) is 3.00. The molecule has 0 saturated heterocycles. The normalized spacial score (nSPS) is 13.9. The molecule has 0 radical (unpaired) electrons. The van der Waals surface area contributed by atoms with Crippen LogP contribution in [0.4, 0.5) is 35.3 Å². The van der Waals surface area contributed by atoms with Crippen LogP contribution >= 0.6 is 0 Å². The highest BCUT2D eigenvalue weighted by Gasteiger charge is 2.31. The number of hydrogen-bond donors (Lipinski definition) is 2. The second-order valence-electron chi connectivity index (χ2n) is 6.88. The van der Waals surface area contributed by atoms with E-state index in [1.54, 1.807) is 42.2 Å². The maximum Gasteiger partial charge on any atom is 0.416 e. The van der Waals surface area contributed by atoms with Gasteiger partial charge in [-0.3, -0.25) is 14.9 Å². The first-order valence-electron chi connectivity index (χ1n) is 9.32. The van der Waals surface area contributed by atoms with Crippen LogP contribution in [0.1, 0.15) is 12.0 Å². The van der Waals surface area contributed by atoms with Crippen LogP contribution < -0.4 is 15.5 Å². The van der Waals surface area contributed by atoms with E-state index in [-0.39, 0.29) is 0 Å². The molecule has 4 rings (SSSR count). The van der Waals surface area contributed by atoms with Crippen LogP contribution in [0, 0.1) is 0 Å². The Hall–Kier alpha value is -3.56. The van der Waals surface area contributed by atoms with Gasteiger partial charge in [-0.1, -0.05) is 12.1 Å². The lowest BCUT2D eigenvalue weighted by Gasteiger charge is -2.22. The Balaban J connectivity index is 1.69. The molecule has 0 atom stereocenters. The number of carbonyl (C=O) groups is 1. The highest BCUT2D eigenvalue weighted by atomic mass is 19.4. The van der Waals surface area contributed by atoms with E-state index in [0.29, 0.717) is 48.1 Å². The van der Waals surface area contributed by atoms with Gasteiger partial charge in [0.2, 0.25) is 0 Å². The molecule has 2 aromatic heterocycles. The van der Waals surface area contributed by atoms with Gasteiger partial charge in [-0.15, -0.1) is 0 Å². The number of nitrogens with one attached hydrogen (secondary N) is 2. The quantitative estimate of drug-likeness (QED) is 0.651. The maximum absolute atomic E-state index is 13.1. The predicted molar refractivity (Wildman–Crippen MR) is 107 cm³/mol. The average molecular weight is 416 g/mol. The fourth-order valence-electron chi connectivity index (χ4n) is 3.23. The summed E-state index contributed by atoms with van der Waals surface area (Å²) in [6.45, 7) is 1.04. The van der Waals surface area contributed by atoms with Crippen molar-refractivity contribution < 1.29 is 18.0 Å². The van der Waals surface area contributed by atoms with E-state index in [1.807, 2.05) is 0 Å². The fraction of sp³-hybridized carbons (Fsp3) is 0.250. The molecule has 7 nitrogen and oxygen atoms in total. The first-order valence-corrected chi connectivity index (χ1v) is 9.32. The van der Waals surface area contributed by atoms with Crippen molar-refractivity contribution in [2.75, 3.05) is 28.6 Å². The molecule has 0 unspecified atom stereocenters. The van der Waals surface area contributed by atoms with Crippen molar-refractivity contribution in [2.45, 2.75) is 12.6 Å². The Morgan fingerprint density at radius 3 is 2.77 bits per heavy atom. The molecule has 0 spiro atoms. The van der Waals surface area contributed by atoms with Crippen LogP contribution in [0.5, 0.6) is 0 Å². The SMILES string of the molecule is Cn1ccc(NC(=O)N2CCCNc3ccc(-c4cccc(C(F)(F)F)c4)nc32)n1. The Morgan fingerprint density at radius 2 is 2.03 bits per heavy atom. The summed E-state index contributed by atoms with van der Waals surface area (Å²) in [5, 5.41) is 10.1. The van der Waals surface area contributed by atoms with Crippen molar-refractivity contribution in [1.29, 1.82) is 0 Å². The van der Waals surface area contributed by atoms with E-state index in [0.717, 1.165) is 12.1 Å². The minimum atomic E-state index is -4.45. The van der Waals surface area contributed by atoms with Crippen LogP contribution in [0.15, 0.2) is 48.7 Å². The Labute approximate surface area is 170 Å². The van der Waals surface area contributed by atoms with E-state index >= 15 is 0 Å². The fourth-order valence-corrected chi connectivity index (χ4v) is 3.23. The second-order valence-corrected chi connectivity index (χ2v) is 6.88. The number of alkyl halides is 3. The highest BCUT2D eigenvalue weighted by Crippen LogP contribution is 2.34. The van der Waals surface area contributed by atoms with Crippen LogP contribution in [0.2, 0.25) is 0 Å². The minimum absolute atomic E-state index is 0.321. The molecule has 3 heterocycles. The van der Waals surface area contributed by atoms with Gasteiger partial charge in [-0.05, 0) is 30.7 Å². The zero-order chi connectivity index (χ0) is 21.3. The summed E-state index contributed by atoms with van der Waals surface area (Å²) in [6, 6.07) is 9.60. The zero-order valence-electron chi connectivity index (χ0n) is 16.1. The van der Waals surface area contributed by atoms with E-state index in [9.17, 15) is 18.0 Å². The lowest BCUT2D eigenvalue weighted by Crippen LogP contribution is -2.36. The third-order valence-corrected chi connectivity index (χ3v) is 4.68. The van der Waals surface area contributed by atoms with E-state index in [1.165, 1.54) is 11.0 Å². The molecule has 3 aromatic rings. The predicted octanol–water partition coefficient (Wildman–Crippen LogP) is 4.36. The summed E-state index contributed by atoms with van der Waals surface area (Å²) >= 11 is 0. The molecule has 156 valence electrons. The third kappa shape index (κ3) is 4.07. The number of aryl methyl sites for hydroxylation is 1. The highest BCUT2D eigenvalue weighted by molar-refractivity contribution is 6.02. The van der Waals surface area contributed by atoms with Gasteiger partial charge in [0.05, 0.1) is 16.9 Å². The summed E-state index contributed by atoms with van der Waals surface area (Å²) in [5.41, 5.74) is 0.556. The number of aromatic nitrogens is 3. The molecule has 1 aromatic carbocycles. The lowest BCUT2D eigenvalue weighted by molar-refractivity contribution is -0.137. The van der Waals surface area contributed by atoms with Crippen molar-refractivity contribution in [1.82, 2.24) is 14.8 Å². The largest absolute Gasteiger partial charge is 0.416 e. The topological polar surface area (TPSA) is 75.1 Å². The first kappa shape index (κ1) is 19.7. The molecular formula is C20H19F3N6O. The summed E-state index contributed by atoms with van der Waals surface area (Å²) in [4.78, 5) is 18.9. The number of carbonyl (C=O) groups excluding carboxylic acids is 1. The summed E-state index contributed by atoms with van der Waals surface area (Å²) < 4.78 is 40.8.